The quantitative estimate of drug-likeness (QED) is 0.764. The minimum atomic E-state index is 0.670. The van der Waals surface area contributed by atoms with Crippen LogP contribution in [-0.4, -0.2) is 12.3 Å². The topological polar surface area (TPSA) is 12.0 Å². The molecule has 1 aromatic carbocycles. The summed E-state index contributed by atoms with van der Waals surface area (Å²) in [4.78, 5) is 1.34. The van der Waals surface area contributed by atoms with Crippen molar-refractivity contribution < 1.29 is 0 Å². The van der Waals surface area contributed by atoms with E-state index in [9.17, 15) is 0 Å². The Morgan fingerprint density at radius 2 is 2.11 bits per heavy atom. The molecule has 1 nitrogen and oxygen atoms in total. The third-order valence-corrected chi connectivity index (χ3v) is 4.82. The van der Waals surface area contributed by atoms with Crippen molar-refractivity contribution in [3.63, 3.8) is 0 Å². The molecule has 0 amide bonds. The molecule has 18 heavy (non-hydrogen) atoms. The zero-order chi connectivity index (χ0) is 13.0. The van der Waals surface area contributed by atoms with Crippen molar-refractivity contribution in [2.45, 2.75) is 50.5 Å². The van der Waals surface area contributed by atoms with E-state index in [1.165, 1.54) is 36.3 Å². The molecule has 1 aromatic rings. The maximum absolute atomic E-state index is 3.73. The molecular formula is C16H25NS. The SMILES string of the molecule is CSc1cccc(NC2CCCC(C(C)C)C2)c1. The summed E-state index contributed by atoms with van der Waals surface area (Å²) in [6, 6.07) is 9.45. The average molecular weight is 263 g/mol. The first kappa shape index (κ1) is 13.8. The summed E-state index contributed by atoms with van der Waals surface area (Å²) in [6.07, 6.45) is 7.59. The first-order chi connectivity index (χ1) is 8.69. The lowest BCUT2D eigenvalue weighted by Gasteiger charge is -2.32. The van der Waals surface area contributed by atoms with Gasteiger partial charge in [-0.15, -0.1) is 11.8 Å². The van der Waals surface area contributed by atoms with Crippen LogP contribution in [0.15, 0.2) is 29.2 Å². The van der Waals surface area contributed by atoms with Crippen LogP contribution in [0.1, 0.15) is 39.5 Å². The van der Waals surface area contributed by atoms with Crippen molar-refractivity contribution in [1.29, 1.82) is 0 Å². The van der Waals surface area contributed by atoms with Crippen LogP contribution in [0.25, 0.3) is 0 Å². The zero-order valence-corrected chi connectivity index (χ0v) is 12.6. The highest BCUT2D eigenvalue weighted by Crippen LogP contribution is 2.32. The molecule has 1 aliphatic rings. The first-order valence-electron chi connectivity index (χ1n) is 7.09. The van der Waals surface area contributed by atoms with Crippen molar-refractivity contribution in [2.24, 2.45) is 11.8 Å². The van der Waals surface area contributed by atoms with Gasteiger partial charge in [0.15, 0.2) is 0 Å². The van der Waals surface area contributed by atoms with E-state index in [1.807, 2.05) is 11.8 Å². The largest absolute Gasteiger partial charge is 0.382 e. The molecule has 0 aliphatic heterocycles. The van der Waals surface area contributed by atoms with Crippen molar-refractivity contribution in [3.05, 3.63) is 24.3 Å². The first-order valence-corrected chi connectivity index (χ1v) is 8.32. The Bertz CT molecular complexity index is 375. The number of rotatable bonds is 4. The van der Waals surface area contributed by atoms with E-state index in [4.69, 9.17) is 0 Å². The Balaban J connectivity index is 1.95. The van der Waals surface area contributed by atoms with Crippen LogP contribution in [0.4, 0.5) is 5.69 Å². The van der Waals surface area contributed by atoms with E-state index in [2.05, 4.69) is 49.7 Å². The second-order valence-electron chi connectivity index (χ2n) is 5.74. The molecule has 0 spiro atoms. The molecule has 1 aliphatic carbocycles. The predicted molar refractivity (Wildman–Crippen MR) is 82.4 cm³/mol. The van der Waals surface area contributed by atoms with Gasteiger partial charge >= 0.3 is 0 Å². The molecular weight excluding hydrogens is 238 g/mol. The van der Waals surface area contributed by atoms with Crippen LogP contribution in [0.2, 0.25) is 0 Å². The highest BCUT2D eigenvalue weighted by molar-refractivity contribution is 7.98. The van der Waals surface area contributed by atoms with Gasteiger partial charge < -0.3 is 5.32 Å². The summed E-state index contributed by atoms with van der Waals surface area (Å²) >= 11 is 1.81. The van der Waals surface area contributed by atoms with E-state index in [1.54, 1.807) is 0 Å². The summed E-state index contributed by atoms with van der Waals surface area (Å²) in [5, 5.41) is 3.73. The lowest BCUT2D eigenvalue weighted by atomic mass is 9.79. The van der Waals surface area contributed by atoms with Gasteiger partial charge in [0.2, 0.25) is 0 Å². The van der Waals surface area contributed by atoms with Gasteiger partial charge in [-0.3, -0.25) is 0 Å². The number of thioether (sulfide) groups is 1. The molecule has 100 valence electrons. The van der Waals surface area contributed by atoms with Crippen LogP contribution < -0.4 is 5.32 Å². The molecule has 0 bridgehead atoms. The van der Waals surface area contributed by atoms with Crippen LogP contribution in [0.3, 0.4) is 0 Å². The van der Waals surface area contributed by atoms with E-state index in [-0.39, 0.29) is 0 Å². The maximum Gasteiger partial charge on any atom is 0.0353 e. The third-order valence-electron chi connectivity index (χ3n) is 4.10. The molecule has 1 fully saturated rings. The number of hydrogen-bond acceptors (Lipinski definition) is 2. The van der Waals surface area contributed by atoms with Crippen LogP contribution in [0.5, 0.6) is 0 Å². The highest BCUT2D eigenvalue weighted by Gasteiger charge is 2.23. The number of hydrogen-bond donors (Lipinski definition) is 1. The summed E-state index contributed by atoms with van der Waals surface area (Å²) in [5.41, 5.74) is 1.29. The second-order valence-corrected chi connectivity index (χ2v) is 6.62. The molecule has 0 radical (unpaired) electrons. The standard InChI is InChI=1S/C16H25NS/c1-12(2)13-6-4-7-14(10-13)17-15-8-5-9-16(11-15)18-3/h5,8-9,11-14,17H,4,6-7,10H2,1-3H3. The van der Waals surface area contributed by atoms with Crippen molar-refractivity contribution in [3.8, 4) is 0 Å². The van der Waals surface area contributed by atoms with Crippen LogP contribution >= 0.6 is 11.8 Å². The van der Waals surface area contributed by atoms with Gasteiger partial charge in [-0.25, -0.2) is 0 Å². The van der Waals surface area contributed by atoms with E-state index in [0.29, 0.717) is 6.04 Å². The molecule has 0 aromatic heterocycles. The Morgan fingerprint density at radius 1 is 1.28 bits per heavy atom. The van der Waals surface area contributed by atoms with Gasteiger partial charge in [0.05, 0.1) is 0 Å². The summed E-state index contributed by atoms with van der Waals surface area (Å²) < 4.78 is 0. The highest BCUT2D eigenvalue weighted by atomic mass is 32.2. The van der Waals surface area contributed by atoms with E-state index >= 15 is 0 Å². The molecule has 2 unspecified atom stereocenters. The Kier molecular flexibility index (Phi) is 4.99. The number of anilines is 1. The molecule has 0 heterocycles. The second kappa shape index (κ2) is 6.51. The minimum absolute atomic E-state index is 0.670. The average Bonchev–Trinajstić information content (AvgIpc) is 2.39. The van der Waals surface area contributed by atoms with Gasteiger partial charge in [-0.05, 0) is 49.1 Å². The fourth-order valence-corrected chi connectivity index (χ4v) is 3.37. The fourth-order valence-electron chi connectivity index (χ4n) is 2.91. The van der Waals surface area contributed by atoms with E-state index in [0.717, 1.165) is 11.8 Å². The van der Waals surface area contributed by atoms with Crippen LogP contribution in [-0.2, 0) is 0 Å². The number of nitrogens with one attached hydrogen (secondary N) is 1. The molecule has 1 saturated carbocycles. The Hall–Kier alpha value is -0.630. The Labute approximate surface area is 116 Å². The van der Waals surface area contributed by atoms with Crippen LogP contribution in [0, 0.1) is 11.8 Å². The van der Waals surface area contributed by atoms with Crippen molar-refractivity contribution >= 4 is 17.4 Å². The molecule has 2 rings (SSSR count). The lowest BCUT2D eigenvalue weighted by Crippen LogP contribution is -2.29. The lowest BCUT2D eigenvalue weighted by molar-refractivity contribution is 0.264. The minimum Gasteiger partial charge on any atom is -0.382 e. The zero-order valence-electron chi connectivity index (χ0n) is 11.8. The van der Waals surface area contributed by atoms with Gasteiger partial charge in [0, 0.05) is 16.6 Å². The molecule has 0 saturated heterocycles. The van der Waals surface area contributed by atoms with Gasteiger partial charge in [-0.1, -0.05) is 32.8 Å². The van der Waals surface area contributed by atoms with Gasteiger partial charge in [0.1, 0.15) is 0 Å². The van der Waals surface area contributed by atoms with E-state index < -0.39 is 0 Å². The summed E-state index contributed by atoms with van der Waals surface area (Å²) in [7, 11) is 0. The van der Waals surface area contributed by atoms with Crippen molar-refractivity contribution in [2.75, 3.05) is 11.6 Å². The summed E-state index contributed by atoms with van der Waals surface area (Å²) in [5.74, 6) is 1.73. The van der Waals surface area contributed by atoms with Crippen molar-refractivity contribution in [1.82, 2.24) is 0 Å². The molecule has 2 atom stereocenters. The monoisotopic (exact) mass is 263 g/mol. The maximum atomic E-state index is 3.73. The molecule has 2 heteroatoms. The van der Waals surface area contributed by atoms with Gasteiger partial charge in [0.25, 0.3) is 0 Å². The Morgan fingerprint density at radius 3 is 2.83 bits per heavy atom. The molecule has 1 N–H and O–H groups in total. The fraction of sp³-hybridized carbons (Fsp3) is 0.625. The van der Waals surface area contributed by atoms with Gasteiger partial charge in [-0.2, -0.15) is 0 Å². The summed E-state index contributed by atoms with van der Waals surface area (Å²) in [6.45, 7) is 4.72. The number of benzene rings is 1. The smallest absolute Gasteiger partial charge is 0.0353 e. The predicted octanol–water partition coefficient (Wildman–Crippen LogP) is 5.04. The third kappa shape index (κ3) is 3.68. The normalized spacial score (nSPS) is 24.2.